The van der Waals surface area contributed by atoms with E-state index in [0.717, 1.165) is 33.8 Å². The van der Waals surface area contributed by atoms with Crippen molar-refractivity contribution < 1.29 is 18.0 Å². The molecular formula is C36H39Cl2N3O4S. The van der Waals surface area contributed by atoms with Gasteiger partial charge in [0.1, 0.15) is 12.6 Å². The Morgan fingerprint density at radius 1 is 0.848 bits per heavy atom. The first-order chi connectivity index (χ1) is 22.0. The molecule has 46 heavy (non-hydrogen) atoms. The number of hydrogen-bond acceptors (Lipinski definition) is 4. The molecule has 10 heteroatoms. The number of unbranched alkanes of at least 4 members (excludes halogenated alkanes) is 1. The van der Waals surface area contributed by atoms with E-state index in [1.807, 2.05) is 57.2 Å². The van der Waals surface area contributed by atoms with Crippen LogP contribution in [0.2, 0.25) is 10.0 Å². The monoisotopic (exact) mass is 679 g/mol. The lowest BCUT2D eigenvalue weighted by Gasteiger charge is -2.34. The summed E-state index contributed by atoms with van der Waals surface area (Å²) in [6.07, 6.45) is 1.87. The summed E-state index contributed by atoms with van der Waals surface area (Å²) in [7, 11) is -4.18. The van der Waals surface area contributed by atoms with Crippen LogP contribution in [-0.4, -0.2) is 44.3 Å². The summed E-state index contributed by atoms with van der Waals surface area (Å²) in [4.78, 5) is 29.9. The Kier molecular flexibility index (Phi) is 12.3. The zero-order valence-corrected chi connectivity index (χ0v) is 28.6. The molecule has 4 rings (SSSR count). The highest BCUT2D eigenvalue weighted by atomic mass is 35.5. The Balaban J connectivity index is 1.82. The van der Waals surface area contributed by atoms with Crippen molar-refractivity contribution in [2.24, 2.45) is 0 Å². The molecular weight excluding hydrogens is 641 g/mol. The molecule has 242 valence electrons. The van der Waals surface area contributed by atoms with Gasteiger partial charge in [-0.25, -0.2) is 8.42 Å². The van der Waals surface area contributed by atoms with Crippen molar-refractivity contribution in [1.82, 2.24) is 10.2 Å². The van der Waals surface area contributed by atoms with Crippen LogP contribution in [-0.2, 0) is 32.6 Å². The van der Waals surface area contributed by atoms with Crippen molar-refractivity contribution in [2.45, 2.75) is 57.5 Å². The van der Waals surface area contributed by atoms with Crippen molar-refractivity contribution in [3.05, 3.63) is 129 Å². The van der Waals surface area contributed by atoms with E-state index in [0.29, 0.717) is 27.8 Å². The smallest absolute Gasteiger partial charge is 0.264 e. The first-order valence-corrected chi connectivity index (χ1v) is 17.4. The zero-order valence-electron chi connectivity index (χ0n) is 26.2. The maximum atomic E-state index is 14.6. The number of nitrogens with zero attached hydrogens (tertiary/aromatic N) is 2. The SMILES string of the molecule is CCCCNC(=O)[C@H](Cc1ccccc1)N(Cc1ccc(Cl)cc1Cl)C(=O)CN(c1ccc(C)c(C)c1)S(=O)(=O)c1ccccc1. The maximum absolute atomic E-state index is 14.6. The van der Waals surface area contributed by atoms with Crippen molar-refractivity contribution in [2.75, 3.05) is 17.4 Å². The Morgan fingerprint density at radius 2 is 1.52 bits per heavy atom. The molecule has 1 N–H and O–H groups in total. The Bertz CT molecular complexity index is 1750. The summed E-state index contributed by atoms with van der Waals surface area (Å²) < 4.78 is 29.4. The minimum Gasteiger partial charge on any atom is -0.354 e. The Hall–Kier alpha value is -3.85. The number of carbonyl (C=O) groups excluding carboxylic acids is 2. The van der Waals surface area contributed by atoms with Gasteiger partial charge in [-0.1, -0.05) is 97.2 Å². The Labute approximate surface area is 282 Å². The average molecular weight is 681 g/mol. The van der Waals surface area contributed by atoms with Gasteiger partial charge in [0.25, 0.3) is 10.0 Å². The van der Waals surface area contributed by atoms with E-state index in [1.165, 1.54) is 17.0 Å². The van der Waals surface area contributed by atoms with Crippen LogP contribution in [0.5, 0.6) is 0 Å². The molecule has 0 heterocycles. The van der Waals surface area contributed by atoms with E-state index in [-0.39, 0.29) is 23.8 Å². The van der Waals surface area contributed by atoms with Gasteiger partial charge in [-0.15, -0.1) is 0 Å². The molecule has 0 aliphatic heterocycles. The molecule has 4 aromatic rings. The highest BCUT2D eigenvalue weighted by Crippen LogP contribution is 2.28. The molecule has 7 nitrogen and oxygen atoms in total. The van der Waals surface area contributed by atoms with Gasteiger partial charge in [-0.05, 0) is 78.9 Å². The lowest BCUT2D eigenvalue weighted by atomic mass is 10.0. The second-order valence-electron chi connectivity index (χ2n) is 11.2. The molecule has 0 saturated heterocycles. The maximum Gasteiger partial charge on any atom is 0.264 e. The fourth-order valence-corrected chi connectivity index (χ4v) is 6.92. The first kappa shape index (κ1) is 35.0. The first-order valence-electron chi connectivity index (χ1n) is 15.2. The molecule has 0 aromatic heterocycles. The van der Waals surface area contributed by atoms with Crippen molar-refractivity contribution in [3.8, 4) is 0 Å². The van der Waals surface area contributed by atoms with Gasteiger partial charge < -0.3 is 10.2 Å². The number of nitrogens with one attached hydrogen (secondary N) is 1. The number of anilines is 1. The van der Waals surface area contributed by atoms with Crippen LogP contribution < -0.4 is 9.62 Å². The van der Waals surface area contributed by atoms with Gasteiger partial charge >= 0.3 is 0 Å². The van der Waals surface area contributed by atoms with Gasteiger partial charge in [0.2, 0.25) is 11.8 Å². The molecule has 0 aliphatic carbocycles. The van der Waals surface area contributed by atoms with Crippen LogP contribution >= 0.6 is 23.2 Å². The number of benzene rings is 4. The number of aryl methyl sites for hydroxylation is 2. The van der Waals surface area contributed by atoms with Gasteiger partial charge in [-0.3, -0.25) is 13.9 Å². The quantitative estimate of drug-likeness (QED) is 0.141. The minimum atomic E-state index is -4.18. The van der Waals surface area contributed by atoms with Crippen molar-refractivity contribution in [3.63, 3.8) is 0 Å². The third-order valence-corrected chi connectivity index (χ3v) is 10.2. The number of rotatable bonds is 14. The second kappa shape index (κ2) is 16.1. The molecule has 2 amide bonds. The van der Waals surface area contributed by atoms with Crippen LogP contribution in [0.1, 0.15) is 42.0 Å². The summed E-state index contributed by atoms with van der Waals surface area (Å²) in [5.41, 5.74) is 3.62. The second-order valence-corrected chi connectivity index (χ2v) is 13.9. The predicted octanol–water partition coefficient (Wildman–Crippen LogP) is 7.36. The fourth-order valence-electron chi connectivity index (χ4n) is 5.02. The van der Waals surface area contributed by atoms with E-state index < -0.39 is 28.5 Å². The largest absolute Gasteiger partial charge is 0.354 e. The molecule has 0 spiro atoms. The van der Waals surface area contributed by atoms with Crippen LogP contribution in [0, 0.1) is 13.8 Å². The van der Waals surface area contributed by atoms with Gasteiger partial charge in [0.05, 0.1) is 10.6 Å². The van der Waals surface area contributed by atoms with Crippen LogP contribution in [0.25, 0.3) is 0 Å². The van der Waals surface area contributed by atoms with Crippen LogP contribution in [0.4, 0.5) is 5.69 Å². The van der Waals surface area contributed by atoms with Crippen LogP contribution in [0.3, 0.4) is 0 Å². The summed E-state index contributed by atoms with van der Waals surface area (Å²) in [5, 5.41) is 3.75. The normalized spacial score (nSPS) is 11.9. The fraction of sp³-hybridized carbons (Fsp3) is 0.278. The number of hydrogen-bond donors (Lipinski definition) is 1. The molecule has 1 atom stereocenters. The van der Waals surface area contributed by atoms with E-state index in [1.54, 1.807) is 48.5 Å². The number of sulfonamides is 1. The number of halogens is 2. The molecule has 0 aliphatic rings. The topological polar surface area (TPSA) is 86.8 Å². The molecule has 0 unspecified atom stereocenters. The van der Waals surface area contributed by atoms with E-state index in [2.05, 4.69) is 5.32 Å². The predicted molar refractivity (Wildman–Crippen MR) is 186 cm³/mol. The van der Waals surface area contributed by atoms with Gasteiger partial charge in [0.15, 0.2) is 0 Å². The lowest BCUT2D eigenvalue weighted by Crippen LogP contribution is -2.53. The van der Waals surface area contributed by atoms with Crippen molar-refractivity contribution >= 4 is 50.7 Å². The van der Waals surface area contributed by atoms with Crippen LogP contribution in [0.15, 0.2) is 102 Å². The molecule has 0 radical (unpaired) electrons. The summed E-state index contributed by atoms with van der Waals surface area (Å²) in [5.74, 6) is -0.894. The molecule has 0 saturated carbocycles. The molecule has 0 fully saturated rings. The van der Waals surface area contributed by atoms with E-state index >= 15 is 0 Å². The third kappa shape index (κ3) is 8.90. The highest BCUT2D eigenvalue weighted by molar-refractivity contribution is 7.92. The Morgan fingerprint density at radius 3 is 2.15 bits per heavy atom. The highest BCUT2D eigenvalue weighted by Gasteiger charge is 2.35. The lowest BCUT2D eigenvalue weighted by molar-refractivity contribution is -0.140. The minimum absolute atomic E-state index is 0.0420. The number of carbonyl (C=O) groups is 2. The van der Waals surface area contributed by atoms with E-state index in [9.17, 15) is 18.0 Å². The molecule has 4 aromatic carbocycles. The molecule has 0 bridgehead atoms. The van der Waals surface area contributed by atoms with Gasteiger partial charge in [0, 0.05) is 29.6 Å². The van der Waals surface area contributed by atoms with E-state index in [4.69, 9.17) is 23.2 Å². The number of amides is 2. The third-order valence-electron chi connectivity index (χ3n) is 7.85. The van der Waals surface area contributed by atoms with Gasteiger partial charge in [-0.2, -0.15) is 0 Å². The standard InChI is InChI=1S/C36H39Cl2N3O4S/c1-4-5-20-39-36(43)34(22-28-12-8-6-9-13-28)40(24-29-17-18-30(37)23-33(29)38)35(42)25-41(31-19-16-26(2)27(3)21-31)46(44,45)32-14-10-7-11-15-32/h6-19,21,23,34H,4-5,20,22,24-25H2,1-3H3,(H,39,43)/t34-/m0/s1. The van der Waals surface area contributed by atoms with Crippen molar-refractivity contribution in [1.29, 1.82) is 0 Å². The zero-order chi connectivity index (χ0) is 33.3. The average Bonchev–Trinajstić information content (AvgIpc) is 3.04. The summed E-state index contributed by atoms with van der Waals surface area (Å²) in [6.45, 7) is 5.71. The summed E-state index contributed by atoms with van der Waals surface area (Å²) in [6, 6.07) is 26.7. The summed E-state index contributed by atoms with van der Waals surface area (Å²) >= 11 is 12.8.